The summed E-state index contributed by atoms with van der Waals surface area (Å²) < 4.78 is 58.0. The van der Waals surface area contributed by atoms with Crippen LogP contribution in [0.4, 0.5) is 8.78 Å². The van der Waals surface area contributed by atoms with Gasteiger partial charge < -0.3 is 4.74 Å². The molecule has 0 spiro atoms. The largest absolute Gasteiger partial charge is 0.492 e. The maximum atomic E-state index is 13.6. The van der Waals surface area contributed by atoms with Crippen LogP contribution in [0.2, 0.25) is 5.02 Å². The third-order valence-electron chi connectivity index (χ3n) is 3.06. The van der Waals surface area contributed by atoms with Crippen LogP contribution in [0, 0.1) is 11.6 Å². The Labute approximate surface area is 138 Å². The molecule has 0 atom stereocenters. The maximum Gasteiger partial charge on any atom is 0.248 e. The van der Waals surface area contributed by atoms with Crippen molar-refractivity contribution in [1.29, 1.82) is 0 Å². The van der Waals surface area contributed by atoms with Crippen molar-refractivity contribution in [2.45, 2.75) is 4.90 Å². The monoisotopic (exact) mass is 361 g/mol. The van der Waals surface area contributed by atoms with Crippen LogP contribution in [0.5, 0.6) is 5.75 Å². The van der Waals surface area contributed by atoms with Crippen molar-refractivity contribution in [2.24, 2.45) is 0 Å². The molecular formula is C15H14ClF2NO3S. The highest BCUT2D eigenvalue weighted by molar-refractivity contribution is 7.89. The van der Waals surface area contributed by atoms with Crippen molar-refractivity contribution in [1.82, 2.24) is 4.31 Å². The molecule has 0 saturated heterocycles. The van der Waals surface area contributed by atoms with Crippen molar-refractivity contribution < 1.29 is 21.9 Å². The van der Waals surface area contributed by atoms with Gasteiger partial charge in [0.1, 0.15) is 24.0 Å². The number of nitrogens with zero attached hydrogens (tertiary/aromatic N) is 1. The Morgan fingerprint density at radius 2 is 1.74 bits per heavy atom. The number of sulfonamides is 1. The van der Waals surface area contributed by atoms with Crippen LogP contribution in [0.3, 0.4) is 0 Å². The average molecular weight is 362 g/mol. The van der Waals surface area contributed by atoms with E-state index in [0.717, 1.165) is 22.5 Å². The summed E-state index contributed by atoms with van der Waals surface area (Å²) in [6.45, 7) is -0.0746. The second kappa shape index (κ2) is 7.25. The molecule has 0 amide bonds. The molecule has 2 rings (SSSR count). The molecule has 0 aliphatic rings. The molecule has 0 aliphatic heterocycles. The Kier molecular flexibility index (Phi) is 5.56. The predicted molar refractivity (Wildman–Crippen MR) is 83.1 cm³/mol. The number of benzene rings is 2. The molecule has 0 fully saturated rings. The zero-order valence-corrected chi connectivity index (χ0v) is 13.7. The van der Waals surface area contributed by atoms with Gasteiger partial charge in [-0.1, -0.05) is 23.7 Å². The van der Waals surface area contributed by atoms with E-state index in [9.17, 15) is 17.2 Å². The van der Waals surface area contributed by atoms with Crippen LogP contribution < -0.4 is 4.74 Å². The summed E-state index contributed by atoms with van der Waals surface area (Å²) in [4.78, 5) is -0.967. The molecule has 0 unspecified atom stereocenters. The van der Waals surface area contributed by atoms with E-state index in [4.69, 9.17) is 16.3 Å². The lowest BCUT2D eigenvalue weighted by Crippen LogP contribution is -2.32. The number of rotatable bonds is 6. The Morgan fingerprint density at radius 1 is 1.13 bits per heavy atom. The van der Waals surface area contributed by atoms with Crippen LogP contribution >= 0.6 is 11.6 Å². The van der Waals surface area contributed by atoms with Crippen molar-refractivity contribution in [3.63, 3.8) is 0 Å². The zero-order chi connectivity index (χ0) is 17.0. The summed E-state index contributed by atoms with van der Waals surface area (Å²) in [6, 6.07) is 9.49. The standard InChI is InChI=1S/C15H14ClF2NO3S/c1-19(8-9-22-12-5-2-4-11(16)10-12)23(20,21)15-13(17)6-3-7-14(15)18/h2-7,10H,8-9H2,1H3. The second-order valence-corrected chi connectivity index (χ2v) is 7.10. The van der Waals surface area contributed by atoms with E-state index in [1.165, 1.54) is 7.05 Å². The van der Waals surface area contributed by atoms with E-state index in [-0.39, 0.29) is 13.2 Å². The number of likely N-dealkylation sites (N-methyl/N-ethyl adjacent to an activating group) is 1. The molecular weight excluding hydrogens is 348 g/mol. The fourth-order valence-electron chi connectivity index (χ4n) is 1.85. The lowest BCUT2D eigenvalue weighted by molar-refractivity contribution is 0.286. The number of hydrogen-bond donors (Lipinski definition) is 0. The smallest absolute Gasteiger partial charge is 0.248 e. The van der Waals surface area contributed by atoms with Crippen LogP contribution in [-0.2, 0) is 10.0 Å². The summed E-state index contributed by atoms with van der Waals surface area (Å²) in [5.41, 5.74) is 0. The molecule has 0 aliphatic carbocycles. The second-order valence-electron chi connectivity index (χ2n) is 4.68. The van der Waals surface area contributed by atoms with Crippen molar-refractivity contribution in [3.8, 4) is 5.75 Å². The van der Waals surface area contributed by atoms with Gasteiger partial charge in [-0.05, 0) is 30.3 Å². The van der Waals surface area contributed by atoms with Gasteiger partial charge in [0.25, 0.3) is 0 Å². The highest BCUT2D eigenvalue weighted by atomic mass is 35.5. The van der Waals surface area contributed by atoms with E-state index < -0.39 is 26.6 Å². The van der Waals surface area contributed by atoms with E-state index in [2.05, 4.69) is 0 Å². The van der Waals surface area contributed by atoms with Gasteiger partial charge in [0.2, 0.25) is 10.0 Å². The highest BCUT2D eigenvalue weighted by Gasteiger charge is 2.28. The highest BCUT2D eigenvalue weighted by Crippen LogP contribution is 2.22. The predicted octanol–water partition coefficient (Wildman–Crippen LogP) is 3.32. The van der Waals surface area contributed by atoms with Gasteiger partial charge in [-0.15, -0.1) is 0 Å². The molecule has 2 aromatic rings. The Morgan fingerprint density at radius 3 is 2.35 bits per heavy atom. The molecule has 0 aromatic heterocycles. The quantitative estimate of drug-likeness (QED) is 0.793. The number of ether oxygens (including phenoxy) is 1. The lowest BCUT2D eigenvalue weighted by Gasteiger charge is -2.18. The summed E-state index contributed by atoms with van der Waals surface area (Å²) >= 11 is 5.80. The Bertz CT molecular complexity index is 779. The fraction of sp³-hybridized carbons (Fsp3) is 0.200. The molecule has 8 heteroatoms. The minimum absolute atomic E-state index is 0.00610. The number of halogens is 3. The van der Waals surface area contributed by atoms with Crippen LogP contribution in [0.25, 0.3) is 0 Å². The molecule has 4 nitrogen and oxygen atoms in total. The van der Waals surface area contributed by atoms with Gasteiger partial charge in [0.05, 0.1) is 0 Å². The van der Waals surface area contributed by atoms with Crippen LogP contribution in [-0.4, -0.2) is 32.9 Å². The molecule has 23 heavy (non-hydrogen) atoms. The zero-order valence-electron chi connectivity index (χ0n) is 12.2. The summed E-state index contributed by atoms with van der Waals surface area (Å²) in [6.07, 6.45) is 0. The normalized spacial score (nSPS) is 11.7. The first kappa shape index (κ1) is 17.7. The van der Waals surface area contributed by atoms with Gasteiger partial charge in [0.15, 0.2) is 4.90 Å². The maximum absolute atomic E-state index is 13.6. The van der Waals surface area contributed by atoms with Gasteiger partial charge in [-0.3, -0.25) is 0 Å². The SMILES string of the molecule is CN(CCOc1cccc(Cl)c1)S(=O)(=O)c1c(F)cccc1F. The third-order valence-corrected chi connectivity index (χ3v) is 5.20. The molecule has 0 saturated carbocycles. The minimum Gasteiger partial charge on any atom is -0.492 e. The first-order valence-electron chi connectivity index (χ1n) is 6.61. The first-order chi connectivity index (χ1) is 10.8. The van der Waals surface area contributed by atoms with Gasteiger partial charge in [0, 0.05) is 18.6 Å². The summed E-state index contributed by atoms with van der Waals surface area (Å²) in [5, 5.41) is 0.483. The van der Waals surface area contributed by atoms with Gasteiger partial charge >= 0.3 is 0 Å². The third kappa shape index (κ3) is 4.19. The molecule has 0 radical (unpaired) electrons. The van der Waals surface area contributed by atoms with Crippen molar-refractivity contribution >= 4 is 21.6 Å². The number of hydrogen-bond acceptors (Lipinski definition) is 3. The van der Waals surface area contributed by atoms with Gasteiger partial charge in [-0.25, -0.2) is 17.2 Å². The fourth-order valence-corrected chi connectivity index (χ4v) is 3.29. The summed E-state index contributed by atoms with van der Waals surface area (Å²) in [7, 11) is -3.06. The first-order valence-corrected chi connectivity index (χ1v) is 8.43. The molecule has 0 heterocycles. The van der Waals surface area contributed by atoms with Crippen LogP contribution in [0.15, 0.2) is 47.4 Å². The van der Waals surface area contributed by atoms with E-state index >= 15 is 0 Å². The molecule has 0 N–H and O–H groups in total. The summed E-state index contributed by atoms with van der Waals surface area (Å²) in [5.74, 6) is -1.79. The van der Waals surface area contributed by atoms with Crippen LogP contribution in [0.1, 0.15) is 0 Å². The Balaban J connectivity index is 2.06. The van der Waals surface area contributed by atoms with E-state index in [0.29, 0.717) is 10.8 Å². The average Bonchev–Trinajstić information content (AvgIpc) is 2.46. The van der Waals surface area contributed by atoms with Crippen molar-refractivity contribution in [3.05, 3.63) is 59.1 Å². The molecule has 0 bridgehead atoms. The van der Waals surface area contributed by atoms with Crippen molar-refractivity contribution in [2.75, 3.05) is 20.2 Å². The van der Waals surface area contributed by atoms with E-state index in [1.807, 2.05) is 0 Å². The topological polar surface area (TPSA) is 46.6 Å². The molecule has 2 aromatic carbocycles. The van der Waals surface area contributed by atoms with Gasteiger partial charge in [-0.2, -0.15) is 4.31 Å². The lowest BCUT2D eigenvalue weighted by atomic mass is 10.3. The minimum atomic E-state index is -4.29. The van der Waals surface area contributed by atoms with E-state index in [1.54, 1.807) is 24.3 Å². The molecule has 124 valence electrons. The Hall–Kier alpha value is -1.70.